The van der Waals surface area contributed by atoms with E-state index < -0.39 is 23.3 Å². The lowest BCUT2D eigenvalue weighted by Gasteiger charge is -2.23. The minimum Gasteiger partial charge on any atom is -0.423 e. The average Bonchev–Trinajstić information content (AvgIpc) is 2.49. The molecule has 1 aromatic rings. The topological polar surface area (TPSA) is 9.23 Å². The molecule has 0 aliphatic heterocycles. The van der Waals surface area contributed by atoms with E-state index in [2.05, 4.69) is 13.8 Å². The molecule has 0 radical (unpaired) electrons. The van der Waals surface area contributed by atoms with Gasteiger partial charge in [-0.1, -0.05) is 25.7 Å². The Labute approximate surface area is 132 Å². The van der Waals surface area contributed by atoms with Crippen molar-refractivity contribution in [2.45, 2.75) is 64.4 Å². The number of rotatable bonds is 9. The first kappa shape index (κ1) is 19.2. The Hall–Kier alpha value is -0.883. The molecular weight excluding hydrogens is 312 g/mol. The fourth-order valence-corrected chi connectivity index (χ4v) is 2.51. The van der Waals surface area contributed by atoms with E-state index >= 15 is 0 Å². The van der Waals surface area contributed by atoms with Crippen LogP contribution in [0.2, 0.25) is 0 Å². The summed E-state index contributed by atoms with van der Waals surface area (Å²) in [6, 6.07) is 0.749. The molecule has 126 valence electrons. The van der Waals surface area contributed by atoms with Gasteiger partial charge in [0.25, 0.3) is 0 Å². The molecule has 6 heteroatoms. The lowest BCUT2D eigenvalue weighted by atomic mass is 9.99. The highest BCUT2D eigenvalue weighted by Crippen LogP contribution is 2.21. The van der Waals surface area contributed by atoms with Gasteiger partial charge < -0.3 is 4.43 Å². The van der Waals surface area contributed by atoms with Crippen LogP contribution in [0, 0.1) is 23.3 Å². The average molecular weight is 336 g/mol. The third-order valence-corrected chi connectivity index (χ3v) is 5.06. The van der Waals surface area contributed by atoms with Crippen molar-refractivity contribution in [3.63, 3.8) is 0 Å². The Balaban J connectivity index is 2.29. The van der Waals surface area contributed by atoms with Crippen LogP contribution in [0.3, 0.4) is 0 Å². The van der Waals surface area contributed by atoms with Gasteiger partial charge in [-0.25, -0.2) is 17.6 Å². The van der Waals surface area contributed by atoms with E-state index in [1.54, 1.807) is 0 Å². The molecular formula is C16H24F4OSi. The van der Waals surface area contributed by atoms with E-state index in [0.29, 0.717) is 6.42 Å². The molecule has 0 saturated heterocycles. The summed E-state index contributed by atoms with van der Waals surface area (Å²) in [7, 11) is 0.726. The maximum Gasteiger partial charge on any atom is 0.197 e. The van der Waals surface area contributed by atoms with Crippen LogP contribution in [0.25, 0.3) is 0 Å². The highest BCUT2D eigenvalue weighted by molar-refractivity contribution is 5.98. The quantitative estimate of drug-likeness (QED) is 0.216. The summed E-state index contributed by atoms with van der Waals surface area (Å²) in [4.78, 5) is 0. The number of benzene rings is 1. The van der Waals surface area contributed by atoms with Crippen LogP contribution < -0.4 is 0 Å². The van der Waals surface area contributed by atoms with E-state index in [-0.39, 0.29) is 17.6 Å². The first-order chi connectivity index (χ1) is 10.3. The molecule has 1 rings (SSSR count). The molecule has 22 heavy (non-hydrogen) atoms. The van der Waals surface area contributed by atoms with E-state index in [1.165, 1.54) is 0 Å². The van der Waals surface area contributed by atoms with Crippen LogP contribution in [-0.2, 0) is 10.8 Å². The van der Waals surface area contributed by atoms with Gasteiger partial charge in [-0.2, -0.15) is 0 Å². The monoisotopic (exact) mass is 336 g/mol. The van der Waals surface area contributed by atoms with Crippen molar-refractivity contribution in [1.82, 2.24) is 0 Å². The van der Waals surface area contributed by atoms with Gasteiger partial charge in [-0.05, 0) is 44.7 Å². The van der Waals surface area contributed by atoms with Crippen molar-refractivity contribution >= 4 is 10.5 Å². The smallest absolute Gasteiger partial charge is 0.197 e. The van der Waals surface area contributed by atoms with Gasteiger partial charge in [-0.15, -0.1) is 0 Å². The molecule has 0 unspecified atom stereocenters. The Bertz CT molecular complexity index is 492. The molecule has 0 aromatic heterocycles. The Morgan fingerprint density at radius 3 is 2.14 bits per heavy atom. The van der Waals surface area contributed by atoms with Crippen molar-refractivity contribution in [3.8, 4) is 0 Å². The van der Waals surface area contributed by atoms with Crippen molar-refractivity contribution < 1.29 is 22.0 Å². The molecule has 0 bridgehead atoms. The molecule has 1 aromatic carbocycles. The molecule has 0 atom stereocenters. The van der Waals surface area contributed by atoms with Gasteiger partial charge in [0.2, 0.25) is 0 Å². The summed E-state index contributed by atoms with van der Waals surface area (Å²) in [5.41, 5.74) is -0.153. The van der Waals surface area contributed by atoms with E-state index in [0.717, 1.165) is 48.7 Å². The van der Waals surface area contributed by atoms with Crippen molar-refractivity contribution in [2.75, 3.05) is 0 Å². The maximum absolute atomic E-state index is 13.5. The normalized spacial score (nSPS) is 12.1. The molecule has 0 amide bonds. The molecule has 0 N–H and O–H groups in total. The predicted molar refractivity (Wildman–Crippen MR) is 82.8 cm³/mol. The summed E-state index contributed by atoms with van der Waals surface area (Å²) >= 11 is 0. The molecule has 1 nitrogen and oxygen atoms in total. The highest BCUT2D eigenvalue weighted by Gasteiger charge is 2.18. The second kappa shape index (κ2) is 8.67. The SMILES string of the molecule is CC(C)(CCCCCCCc1cc(F)c(F)c(F)c1F)O[SiH3]. The number of unbranched alkanes of at least 4 members (excludes halogenated alkanes) is 4. The fraction of sp³-hybridized carbons (Fsp3) is 0.625. The van der Waals surface area contributed by atoms with Crippen molar-refractivity contribution in [3.05, 3.63) is 34.9 Å². The fourth-order valence-electron chi connectivity index (χ4n) is 2.30. The zero-order valence-electron chi connectivity index (χ0n) is 13.4. The van der Waals surface area contributed by atoms with Gasteiger partial charge in [0, 0.05) is 5.60 Å². The summed E-state index contributed by atoms with van der Waals surface area (Å²) < 4.78 is 57.9. The van der Waals surface area contributed by atoms with Crippen LogP contribution in [0.1, 0.15) is 57.9 Å². The van der Waals surface area contributed by atoms with Gasteiger partial charge in [0.1, 0.15) is 10.5 Å². The van der Waals surface area contributed by atoms with Gasteiger partial charge in [0.15, 0.2) is 23.3 Å². The largest absolute Gasteiger partial charge is 0.423 e. The standard InChI is InChI=1S/C16H24F4OSi/c1-16(2,21-22)9-7-5-3-4-6-8-11-10-12(17)14(19)15(20)13(11)18/h10H,3-9H2,1-2,22H3. The number of aryl methyl sites for hydroxylation is 1. The van der Waals surface area contributed by atoms with E-state index in [4.69, 9.17) is 4.43 Å². The number of hydrogen-bond acceptors (Lipinski definition) is 1. The lowest BCUT2D eigenvalue weighted by molar-refractivity contribution is 0.109. The van der Waals surface area contributed by atoms with Crippen molar-refractivity contribution in [2.24, 2.45) is 0 Å². The highest BCUT2D eigenvalue weighted by atomic mass is 28.2. The molecule has 0 saturated carbocycles. The first-order valence-electron chi connectivity index (χ1n) is 7.65. The maximum atomic E-state index is 13.5. The van der Waals surface area contributed by atoms with Crippen molar-refractivity contribution in [1.29, 1.82) is 0 Å². The summed E-state index contributed by atoms with van der Waals surface area (Å²) in [6.07, 6.45) is 5.77. The Morgan fingerprint density at radius 2 is 1.50 bits per heavy atom. The summed E-state index contributed by atoms with van der Waals surface area (Å²) in [6.45, 7) is 4.14. The van der Waals surface area contributed by atoms with Gasteiger partial charge in [0.05, 0.1) is 0 Å². The number of halogens is 4. The zero-order chi connectivity index (χ0) is 16.8. The Morgan fingerprint density at radius 1 is 0.909 bits per heavy atom. The molecule has 0 aliphatic rings. The van der Waals surface area contributed by atoms with E-state index in [1.807, 2.05) is 0 Å². The summed E-state index contributed by atoms with van der Waals surface area (Å²) in [5, 5.41) is 0. The van der Waals surface area contributed by atoms with Gasteiger partial charge in [-0.3, -0.25) is 0 Å². The Kier molecular flexibility index (Phi) is 7.55. The molecule has 0 spiro atoms. The second-order valence-electron chi connectivity index (χ2n) is 6.19. The molecule has 0 heterocycles. The minimum absolute atomic E-state index is 0.0570. The van der Waals surface area contributed by atoms with Crippen LogP contribution in [0.4, 0.5) is 17.6 Å². The second-order valence-corrected chi connectivity index (χ2v) is 6.60. The minimum atomic E-state index is -1.75. The summed E-state index contributed by atoms with van der Waals surface area (Å²) in [5.74, 6) is -6.07. The first-order valence-corrected chi connectivity index (χ1v) is 8.47. The van der Waals surface area contributed by atoms with Gasteiger partial charge >= 0.3 is 0 Å². The number of hydrogen-bond donors (Lipinski definition) is 0. The molecule has 0 fully saturated rings. The van der Waals surface area contributed by atoms with Crippen LogP contribution in [-0.4, -0.2) is 16.1 Å². The lowest BCUT2D eigenvalue weighted by Crippen LogP contribution is -2.22. The third kappa shape index (κ3) is 5.72. The van der Waals surface area contributed by atoms with Crippen LogP contribution in [0.5, 0.6) is 0 Å². The van der Waals surface area contributed by atoms with E-state index in [9.17, 15) is 17.6 Å². The van der Waals surface area contributed by atoms with Crippen LogP contribution >= 0.6 is 0 Å². The zero-order valence-corrected chi connectivity index (χ0v) is 15.4. The third-order valence-electron chi connectivity index (χ3n) is 3.96. The predicted octanol–water partition coefficient (Wildman–Crippen LogP) is 4.20. The van der Waals surface area contributed by atoms with Crippen LogP contribution in [0.15, 0.2) is 6.07 Å². The molecule has 0 aliphatic carbocycles.